The van der Waals surface area contributed by atoms with Crippen LogP contribution < -0.4 is 15.2 Å². The van der Waals surface area contributed by atoms with Crippen LogP contribution in [0.3, 0.4) is 0 Å². The van der Waals surface area contributed by atoms with E-state index in [1.54, 1.807) is 17.0 Å². The van der Waals surface area contributed by atoms with Gasteiger partial charge in [-0.2, -0.15) is 4.98 Å². The fourth-order valence-corrected chi connectivity index (χ4v) is 3.95. The molecule has 1 aromatic carbocycles. The van der Waals surface area contributed by atoms with Gasteiger partial charge in [0.15, 0.2) is 0 Å². The number of aryl methyl sites for hydroxylation is 1. The molecule has 1 unspecified atom stereocenters. The summed E-state index contributed by atoms with van der Waals surface area (Å²) in [6.07, 6.45) is 6.38. The predicted molar refractivity (Wildman–Crippen MR) is 111 cm³/mol. The van der Waals surface area contributed by atoms with Crippen LogP contribution in [0.2, 0.25) is 0 Å². The zero-order valence-corrected chi connectivity index (χ0v) is 16.6. The lowest BCUT2D eigenvalue weighted by molar-refractivity contribution is 0.0661. The Morgan fingerprint density at radius 3 is 2.87 bits per heavy atom. The zero-order valence-electron chi connectivity index (χ0n) is 16.6. The molecule has 4 heterocycles. The topological polar surface area (TPSA) is 75.5 Å². The average Bonchev–Trinajstić information content (AvgIpc) is 3.30. The molecule has 5 rings (SSSR count). The molecule has 1 saturated heterocycles. The normalized spacial score (nSPS) is 17.3. The summed E-state index contributed by atoms with van der Waals surface area (Å²) in [5.41, 5.74) is 3.79. The molecule has 0 radical (unpaired) electrons. The molecule has 1 atom stereocenters. The second kappa shape index (κ2) is 8.28. The van der Waals surface area contributed by atoms with Crippen molar-refractivity contribution in [1.29, 1.82) is 0 Å². The maximum atomic E-state index is 12.5. The Hall–Kier alpha value is -3.19. The lowest BCUT2D eigenvalue weighted by Gasteiger charge is -2.22. The molecule has 2 aromatic heterocycles. The number of pyridine rings is 1. The number of benzene rings is 1. The first-order chi connectivity index (χ1) is 14.8. The van der Waals surface area contributed by atoms with Gasteiger partial charge < -0.3 is 14.2 Å². The monoisotopic (exact) mass is 405 g/mol. The minimum absolute atomic E-state index is 0.0815. The van der Waals surface area contributed by atoms with Gasteiger partial charge in [0.1, 0.15) is 19.0 Å². The Morgan fingerprint density at radius 1 is 1.13 bits per heavy atom. The molecule has 0 spiro atoms. The van der Waals surface area contributed by atoms with E-state index in [0.717, 1.165) is 54.0 Å². The van der Waals surface area contributed by atoms with E-state index in [2.05, 4.69) is 16.0 Å². The second-order valence-corrected chi connectivity index (χ2v) is 7.57. The van der Waals surface area contributed by atoms with Crippen LogP contribution in [0.4, 0.5) is 0 Å². The summed E-state index contributed by atoms with van der Waals surface area (Å²) in [7, 11) is 0. The molecule has 1 fully saturated rings. The number of nitrogens with zero attached hydrogens (tertiary/aromatic N) is 3. The highest BCUT2D eigenvalue weighted by molar-refractivity contribution is 5.67. The van der Waals surface area contributed by atoms with Crippen molar-refractivity contribution in [3.05, 3.63) is 70.4 Å². The van der Waals surface area contributed by atoms with Gasteiger partial charge in [-0.1, -0.05) is 0 Å². The van der Waals surface area contributed by atoms with Gasteiger partial charge in [-0.3, -0.25) is 9.55 Å². The molecule has 7 heteroatoms. The van der Waals surface area contributed by atoms with Crippen LogP contribution in [0.15, 0.2) is 53.6 Å². The molecule has 154 valence electrons. The lowest BCUT2D eigenvalue weighted by Crippen LogP contribution is -2.29. The quantitative estimate of drug-likeness (QED) is 0.628. The van der Waals surface area contributed by atoms with Crippen LogP contribution in [0.25, 0.3) is 11.3 Å². The smallest absolute Gasteiger partial charge is 0.351 e. The average molecular weight is 405 g/mol. The fourth-order valence-electron chi connectivity index (χ4n) is 3.95. The van der Waals surface area contributed by atoms with Crippen molar-refractivity contribution in [1.82, 2.24) is 14.5 Å². The van der Waals surface area contributed by atoms with Gasteiger partial charge in [0.2, 0.25) is 5.88 Å². The molecule has 0 amide bonds. The summed E-state index contributed by atoms with van der Waals surface area (Å²) >= 11 is 0. The highest BCUT2D eigenvalue weighted by atomic mass is 16.5. The van der Waals surface area contributed by atoms with Crippen LogP contribution in [0, 0.1) is 0 Å². The summed E-state index contributed by atoms with van der Waals surface area (Å²) in [6.45, 7) is 2.27. The van der Waals surface area contributed by atoms with Gasteiger partial charge in [-0.15, -0.1) is 0 Å². The molecule has 2 aliphatic heterocycles. The van der Waals surface area contributed by atoms with Crippen LogP contribution in [0.1, 0.15) is 24.0 Å². The zero-order chi connectivity index (χ0) is 20.3. The molecule has 2 aliphatic rings. The number of ether oxygens (including phenoxy) is 3. The van der Waals surface area contributed by atoms with Crippen molar-refractivity contribution in [3.63, 3.8) is 0 Å². The van der Waals surface area contributed by atoms with Crippen LogP contribution in [-0.4, -0.2) is 33.9 Å². The Balaban J connectivity index is 1.36. The summed E-state index contributed by atoms with van der Waals surface area (Å²) in [6, 6.07) is 11.7. The van der Waals surface area contributed by atoms with Gasteiger partial charge >= 0.3 is 5.69 Å². The summed E-state index contributed by atoms with van der Waals surface area (Å²) in [5.74, 6) is 1.16. The van der Waals surface area contributed by atoms with Gasteiger partial charge in [0.05, 0.1) is 11.8 Å². The third-order valence-corrected chi connectivity index (χ3v) is 5.54. The van der Waals surface area contributed by atoms with Gasteiger partial charge in [0, 0.05) is 37.2 Å². The number of aromatic nitrogens is 3. The minimum Gasteiger partial charge on any atom is -0.489 e. The molecule has 30 heavy (non-hydrogen) atoms. The van der Waals surface area contributed by atoms with Crippen molar-refractivity contribution in [2.45, 2.75) is 38.5 Å². The van der Waals surface area contributed by atoms with Crippen LogP contribution >= 0.6 is 0 Å². The van der Waals surface area contributed by atoms with E-state index in [0.29, 0.717) is 25.6 Å². The molecular weight excluding hydrogens is 382 g/mol. The third kappa shape index (κ3) is 3.93. The van der Waals surface area contributed by atoms with E-state index in [1.807, 2.05) is 30.3 Å². The summed E-state index contributed by atoms with van der Waals surface area (Å²) in [4.78, 5) is 20.7. The van der Waals surface area contributed by atoms with Crippen LogP contribution in [-0.2, 0) is 24.3 Å². The van der Waals surface area contributed by atoms with E-state index < -0.39 is 0 Å². The van der Waals surface area contributed by atoms with Gasteiger partial charge in [0.25, 0.3) is 0 Å². The van der Waals surface area contributed by atoms with Crippen molar-refractivity contribution in [3.8, 4) is 22.9 Å². The number of hydrogen-bond donors (Lipinski definition) is 0. The lowest BCUT2D eigenvalue weighted by atomic mass is 9.97. The number of fused-ring (bicyclic) bond motifs is 3. The number of rotatable bonds is 6. The van der Waals surface area contributed by atoms with Crippen molar-refractivity contribution in [2.75, 3.05) is 13.2 Å². The Labute approximate surface area is 174 Å². The maximum Gasteiger partial charge on any atom is 0.351 e. The Kier molecular flexibility index (Phi) is 5.19. The highest BCUT2D eigenvalue weighted by Crippen LogP contribution is 2.32. The molecule has 0 aliphatic carbocycles. The molecule has 0 N–H and O–H groups in total. The van der Waals surface area contributed by atoms with Gasteiger partial charge in [-0.05, 0) is 60.7 Å². The summed E-state index contributed by atoms with van der Waals surface area (Å²) < 4.78 is 19.0. The second-order valence-electron chi connectivity index (χ2n) is 7.57. The standard InChI is InChI=1S/C23H23N3O4/c27-23-25-22(30-15-19-2-1-11-28-19)13-21-20-4-3-18(12-17(20)7-10-26(21)23)29-14-16-5-8-24-9-6-16/h3-6,8-9,12-13,19H,1-2,7,10-11,14-15H2. The first-order valence-electron chi connectivity index (χ1n) is 10.3. The fraction of sp³-hybridized carbons (Fsp3) is 0.348. The first kappa shape index (κ1) is 18.8. The summed E-state index contributed by atoms with van der Waals surface area (Å²) in [5, 5.41) is 0. The first-order valence-corrected chi connectivity index (χ1v) is 10.3. The molecule has 0 saturated carbocycles. The molecule has 0 bridgehead atoms. The van der Waals surface area contributed by atoms with E-state index in [4.69, 9.17) is 14.2 Å². The number of hydrogen-bond acceptors (Lipinski definition) is 6. The maximum absolute atomic E-state index is 12.5. The SMILES string of the molecule is O=c1nc(OCC2CCCO2)cc2n1CCc1cc(OCc3ccncc3)ccc1-2. The van der Waals surface area contributed by atoms with Crippen LogP contribution in [0.5, 0.6) is 11.6 Å². The van der Waals surface area contributed by atoms with Gasteiger partial charge in [-0.25, -0.2) is 4.79 Å². The van der Waals surface area contributed by atoms with E-state index in [-0.39, 0.29) is 11.8 Å². The molecule has 3 aromatic rings. The Bertz CT molecular complexity index is 1090. The van der Waals surface area contributed by atoms with Crippen molar-refractivity contribution in [2.24, 2.45) is 0 Å². The Morgan fingerprint density at radius 2 is 2.03 bits per heavy atom. The van der Waals surface area contributed by atoms with E-state index in [9.17, 15) is 4.79 Å². The van der Waals surface area contributed by atoms with E-state index in [1.165, 1.54) is 0 Å². The molecular formula is C23H23N3O4. The predicted octanol–water partition coefficient (Wildman–Crippen LogP) is 3.00. The highest BCUT2D eigenvalue weighted by Gasteiger charge is 2.21. The molecule has 7 nitrogen and oxygen atoms in total. The third-order valence-electron chi connectivity index (χ3n) is 5.54. The van der Waals surface area contributed by atoms with E-state index >= 15 is 0 Å². The largest absolute Gasteiger partial charge is 0.489 e. The van der Waals surface area contributed by atoms with Crippen molar-refractivity contribution < 1.29 is 14.2 Å². The van der Waals surface area contributed by atoms with Crippen molar-refractivity contribution >= 4 is 0 Å². The minimum atomic E-state index is -0.279.